The number of nitrogens with zero attached hydrogens (tertiary/aromatic N) is 4. The third kappa shape index (κ3) is 3.96. The fraction of sp³-hybridized carbons (Fsp3) is 0.462. The number of hydrogen-bond donors (Lipinski definition) is 1. The number of amides is 1. The van der Waals surface area contributed by atoms with E-state index in [4.69, 9.17) is 16.3 Å². The van der Waals surface area contributed by atoms with E-state index in [1.54, 1.807) is 6.20 Å². The first kappa shape index (κ1) is 21.9. The van der Waals surface area contributed by atoms with Crippen molar-refractivity contribution in [2.75, 3.05) is 46.3 Å². The molecule has 2 fully saturated rings. The van der Waals surface area contributed by atoms with Crippen LogP contribution in [0.25, 0.3) is 22.2 Å². The summed E-state index contributed by atoms with van der Waals surface area (Å²) in [6, 6.07) is 8.49. The molecule has 0 aliphatic carbocycles. The first-order valence-corrected chi connectivity index (χ1v) is 12.6. The number of piperazine rings is 1. The van der Waals surface area contributed by atoms with E-state index < -0.39 is 6.10 Å². The molecular weight excluding hydrogens is 450 g/mol. The van der Waals surface area contributed by atoms with Crippen molar-refractivity contribution in [2.45, 2.75) is 31.4 Å². The maximum atomic E-state index is 13.4. The number of aromatic nitrogens is 2. The molecule has 2 saturated heterocycles. The number of H-pyrrole nitrogens is 1. The van der Waals surface area contributed by atoms with E-state index in [1.165, 1.54) is 12.8 Å². The van der Waals surface area contributed by atoms with Gasteiger partial charge in [-0.1, -0.05) is 11.6 Å². The van der Waals surface area contributed by atoms with E-state index in [0.717, 1.165) is 72.7 Å². The molecule has 0 radical (unpaired) electrons. The van der Waals surface area contributed by atoms with Crippen LogP contribution in [-0.4, -0.2) is 89.0 Å². The van der Waals surface area contributed by atoms with Gasteiger partial charge < -0.3 is 19.5 Å². The largest absolute Gasteiger partial charge is 0.479 e. The Labute approximate surface area is 204 Å². The molecule has 1 aromatic carbocycles. The fourth-order valence-electron chi connectivity index (χ4n) is 5.73. The lowest BCUT2D eigenvalue weighted by atomic mass is 9.99. The summed E-state index contributed by atoms with van der Waals surface area (Å²) in [7, 11) is 2.20. The van der Waals surface area contributed by atoms with Crippen molar-refractivity contribution in [2.24, 2.45) is 0 Å². The van der Waals surface area contributed by atoms with Crippen LogP contribution in [0.15, 0.2) is 36.7 Å². The smallest absolute Gasteiger partial charge is 0.264 e. The molecule has 5 heterocycles. The molecule has 1 N–H and O–H groups in total. The highest BCUT2D eigenvalue weighted by molar-refractivity contribution is 6.31. The summed E-state index contributed by atoms with van der Waals surface area (Å²) in [5, 5.41) is 1.66. The SMILES string of the molecule is CN1CCC(N2CCN(C(=O)C3Cc4cc(Cl)cc(-c5ccnc6[nH]ccc56)c4O3)CC2)CC1. The van der Waals surface area contributed by atoms with Crippen LogP contribution in [0.2, 0.25) is 5.02 Å². The van der Waals surface area contributed by atoms with Gasteiger partial charge in [0.15, 0.2) is 6.10 Å². The van der Waals surface area contributed by atoms with Crippen molar-refractivity contribution in [3.05, 3.63) is 47.2 Å². The summed E-state index contributed by atoms with van der Waals surface area (Å²) in [6.07, 6.45) is 6.16. The van der Waals surface area contributed by atoms with Crippen LogP contribution in [0.5, 0.6) is 5.75 Å². The van der Waals surface area contributed by atoms with Gasteiger partial charge in [-0.3, -0.25) is 9.69 Å². The summed E-state index contributed by atoms with van der Waals surface area (Å²) in [4.78, 5) is 27.9. The van der Waals surface area contributed by atoms with Crippen LogP contribution < -0.4 is 4.74 Å². The Kier molecular flexibility index (Phi) is 5.71. The second-order valence-corrected chi connectivity index (χ2v) is 10.2. The molecule has 6 rings (SSSR count). The first-order valence-electron chi connectivity index (χ1n) is 12.2. The van der Waals surface area contributed by atoms with Crippen LogP contribution >= 0.6 is 11.6 Å². The molecule has 7 nitrogen and oxygen atoms in total. The van der Waals surface area contributed by atoms with Crippen molar-refractivity contribution in [1.29, 1.82) is 0 Å². The Hall–Kier alpha value is -2.61. The summed E-state index contributed by atoms with van der Waals surface area (Å²) in [6.45, 7) is 5.75. The lowest BCUT2D eigenvalue weighted by molar-refractivity contribution is -0.140. The van der Waals surface area contributed by atoms with E-state index in [-0.39, 0.29) is 5.91 Å². The van der Waals surface area contributed by atoms with Crippen molar-refractivity contribution in [3.8, 4) is 16.9 Å². The van der Waals surface area contributed by atoms with Crippen molar-refractivity contribution in [3.63, 3.8) is 0 Å². The summed E-state index contributed by atoms with van der Waals surface area (Å²) < 4.78 is 6.34. The molecule has 0 bridgehead atoms. The number of likely N-dealkylation sites (tertiary alicyclic amines) is 1. The molecule has 3 aromatic rings. The molecule has 1 amide bonds. The van der Waals surface area contributed by atoms with Gasteiger partial charge in [0.25, 0.3) is 5.91 Å². The van der Waals surface area contributed by atoms with E-state index >= 15 is 0 Å². The van der Waals surface area contributed by atoms with E-state index in [0.29, 0.717) is 17.5 Å². The highest BCUT2D eigenvalue weighted by Crippen LogP contribution is 2.43. The molecule has 2 aromatic heterocycles. The minimum absolute atomic E-state index is 0.0859. The van der Waals surface area contributed by atoms with Gasteiger partial charge in [0.05, 0.1) is 0 Å². The van der Waals surface area contributed by atoms with Crippen molar-refractivity contribution >= 4 is 28.5 Å². The lowest BCUT2D eigenvalue weighted by Crippen LogP contribution is -2.56. The zero-order valence-electron chi connectivity index (χ0n) is 19.5. The van der Waals surface area contributed by atoms with Gasteiger partial charge >= 0.3 is 0 Å². The molecule has 178 valence electrons. The Morgan fingerprint density at radius 3 is 2.68 bits per heavy atom. The Balaban J connectivity index is 1.17. The van der Waals surface area contributed by atoms with Gasteiger partial charge in [-0.15, -0.1) is 0 Å². The zero-order chi connectivity index (χ0) is 23.2. The minimum Gasteiger partial charge on any atom is -0.479 e. The number of benzene rings is 1. The van der Waals surface area contributed by atoms with Gasteiger partial charge in [0.2, 0.25) is 0 Å². The average Bonchev–Trinajstić information content (AvgIpc) is 3.51. The third-order valence-electron chi connectivity index (χ3n) is 7.65. The van der Waals surface area contributed by atoms with Crippen molar-refractivity contribution < 1.29 is 9.53 Å². The Bertz CT molecular complexity index is 1210. The van der Waals surface area contributed by atoms with E-state index in [1.807, 2.05) is 35.4 Å². The number of halogens is 1. The highest BCUT2D eigenvalue weighted by atomic mass is 35.5. The number of carbonyl (C=O) groups excluding carboxylic acids is 1. The van der Waals surface area contributed by atoms with Crippen LogP contribution in [0, 0.1) is 0 Å². The fourth-order valence-corrected chi connectivity index (χ4v) is 5.97. The summed E-state index contributed by atoms with van der Waals surface area (Å²) in [5.41, 5.74) is 3.73. The predicted molar refractivity (Wildman–Crippen MR) is 133 cm³/mol. The van der Waals surface area contributed by atoms with Gasteiger partial charge in [-0.05, 0) is 62.8 Å². The second-order valence-electron chi connectivity index (χ2n) is 9.75. The van der Waals surface area contributed by atoms with Crippen LogP contribution in [0.4, 0.5) is 0 Å². The monoisotopic (exact) mass is 479 g/mol. The Morgan fingerprint density at radius 2 is 1.88 bits per heavy atom. The van der Waals surface area contributed by atoms with Gasteiger partial charge in [0.1, 0.15) is 11.4 Å². The minimum atomic E-state index is -0.495. The molecule has 3 aliphatic rings. The normalized spacial score (nSPS) is 22.2. The van der Waals surface area contributed by atoms with Gasteiger partial charge in [-0.2, -0.15) is 0 Å². The van der Waals surface area contributed by atoms with Gasteiger partial charge in [-0.25, -0.2) is 4.98 Å². The number of nitrogens with one attached hydrogen (secondary N) is 1. The van der Waals surface area contributed by atoms with E-state index in [9.17, 15) is 4.79 Å². The van der Waals surface area contributed by atoms with Crippen molar-refractivity contribution in [1.82, 2.24) is 24.7 Å². The molecule has 0 saturated carbocycles. The maximum Gasteiger partial charge on any atom is 0.264 e. The molecule has 3 aliphatic heterocycles. The predicted octanol–water partition coefficient (Wildman–Crippen LogP) is 3.43. The molecule has 1 atom stereocenters. The summed E-state index contributed by atoms with van der Waals surface area (Å²) in [5.74, 6) is 0.851. The van der Waals surface area contributed by atoms with Gasteiger partial charge in [0, 0.05) is 72.6 Å². The highest BCUT2D eigenvalue weighted by Gasteiger charge is 2.36. The topological polar surface area (TPSA) is 64.7 Å². The number of hydrogen-bond acceptors (Lipinski definition) is 5. The van der Waals surface area contributed by atoms with Crippen LogP contribution in [-0.2, 0) is 11.2 Å². The molecule has 0 spiro atoms. The van der Waals surface area contributed by atoms with E-state index in [2.05, 4.69) is 26.8 Å². The first-order chi connectivity index (χ1) is 16.6. The Morgan fingerprint density at radius 1 is 1.09 bits per heavy atom. The van der Waals surface area contributed by atoms with Crippen LogP contribution in [0.1, 0.15) is 18.4 Å². The zero-order valence-corrected chi connectivity index (χ0v) is 20.2. The quantitative estimate of drug-likeness (QED) is 0.623. The molecule has 1 unspecified atom stereocenters. The number of rotatable bonds is 3. The number of piperidine rings is 1. The standard InChI is InChI=1S/C26H30ClN5O2/c1-30-8-4-19(5-9-30)31-10-12-32(13-11-31)26(33)23-15-17-14-18(27)16-22(24(17)34-23)20-2-6-28-25-21(20)3-7-29-25/h2-3,6-7,14,16,19,23H,4-5,8-13,15H2,1H3,(H,28,29). The molecular formula is C26H30ClN5O2. The number of carbonyl (C=O) groups is 1. The average molecular weight is 480 g/mol. The van der Waals surface area contributed by atoms with Crippen LogP contribution in [0.3, 0.4) is 0 Å². The number of pyridine rings is 1. The third-order valence-corrected chi connectivity index (χ3v) is 7.87. The molecule has 8 heteroatoms. The molecule has 34 heavy (non-hydrogen) atoms. The summed E-state index contributed by atoms with van der Waals surface area (Å²) >= 11 is 6.50. The number of fused-ring (bicyclic) bond motifs is 2. The second kappa shape index (κ2) is 8.87. The lowest BCUT2D eigenvalue weighted by Gasteiger charge is -2.42. The number of ether oxygens (including phenoxy) is 1. The number of aromatic amines is 1. The maximum absolute atomic E-state index is 13.4.